The van der Waals surface area contributed by atoms with Gasteiger partial charge in [-0.3, -0.25) is 14.6 Å². The number of rotatable bonds is 7. The molecule has 2 N–H and O–H groups in total. The fraction of sp³-hybridized carbons (Fsp3) is 0.0952. The van der Waals surface area contributed by atoms with Gasteiger partial charge in [0.15, 0.2) is 0 Å². The summed E-state index contributed by atoms with van der Waals surface area (Å²) >= 11 is 0. The van der Waals surface area contributed by atoms with E-state index >= 15 is 0 Å². The molecule has 1 heterocycles. The molecule has 6 nitrogen and oxygen atoms in total. The zero-order chi connectivity index (χ0) is 19.1. The Hall–Kier alpha value is -3.67. The van der Waals surface area contributed by atoms with Crippen LogP contribution in [0.1, 0.15) is 15.9 Å². The molecule has 1 aromatic heterocycles. The van der Waals surface area contributed by atoms with Crippen molar-refractivity contribution in [3.8, 4) is 16.9 Å². The summed E-state index contributed by atoms with van der Waals surface area (Å²) in [7, 11) is 0. The van der Waals surface area contributed by atoms with Gasteiger partial charge in [0.05, 0.1) is 0 Å². The second-order valence-electron chi connectivity index (χ2n) is 5.80. The van der Waals surface area contributed by atoms with Gasteiger partial charge in [-0.15, -0.1) is 0 Å². The molecule has 1 amide bonds. The molecule has 0 saturated carbocycles. The zero-order valence-electron chi connectivity index (χ0n) is 14.5. The van der Waals surface area contributed by atoms with E-state index in [9.17, 15) is 9.59 Å². The molecule has 3 rings (SSSR count). The molecule has 27 heavy (non-hydrogen) atoms. The highest BCUT2D eigenvalue weighted by molar-refractivity contribution is 6.02. The Kier molecular flexibility index (Phi) is 5.79. The van der Waals surface area contributed by atoms with Crippen molar-refractivity contribution < 1.29 is 19.4 Å². The number of carboxylic acids is 1. The molecule has 0 aliphatic carbocycles. The molecule has 0 bridgehead atoms. The van der Waals surface area contributed by atoms with Crippen LogP contribution in [0.25, 0.3) is 11.1 Å². The van der Waals surface area contributed by atoms with Crippen LogP contribution in [0, 0.1) is 0 Å². The van der Waals surface area contributed by atoms with Crippen LogP contribution in [0.3, 0.4) is 0 Å². The van der Waals surface area contributed by atoms with Gasteiger partial charge >= 0.3 is 5.97 Å². The summed E-state index contributed by atoms with van der Waals surface area (Å²) in [5.74, 6) is -0.941. The fourth-order valence-corrected chi connectivity index (χ4v) is 2.57. The van der Waals surface area contributed by atoms with Gasteiger partial charge in [0.2, 0.25) is 0 Å². The van der Waals surface area contributed by atoms with Crippen LogP contribution in [-0.4, -0.2) is 28.5 Å². The van der Waals surface area contributed by atoms with Gasteiger partial charge in [-0.25, -0.2) is 0 Å². The number of carbonyl (C=O) groups is 2. The first-order chi connectivity index (χ1) is 13.1. The number of ether oxygens (including phenoxy) is 1. The van der Waals surface area contributed by atoms with E-state index in [0.717, 1.165) is 11.1 Å². The van der Waals surface area contributed by atoms with Crippen LogP contribution in [0.4, 0.5) is 0 Å². The summed E-state index contributed by atoms with van der Waals surface area (Å²) in [5.41, 5.74) is 2.82. The SMILES string of the molecule is O=C(O)CNC(=O)c1ccc(OCc2cccnc2)cc1-c1ccccc1. The minimum absolute atomic E-state index is 0.354. The number of benzene rings is 2. The fourth-order valence-electron chi connectivity index (χ4n) is 2.57. The Bertz CT molecular complexity index is 927. The van der Waals surface area contributed by atoms with Crippen LogP contribution in [0.2, 0.25) is 0 Å². The van der Waals surface area contributed by atoms with Crippen molar-refractivity contribution in [2.45, 2.75) is 6.61 Å². The lowest BCUT2D eigenvalue weighted by atomic mass is 9.98. The predicted molar refractivity (Wildman–Crippen MR) is 100 cm³/mol. The molecule has 3 aromatic rings. The molecule has 0 atom stereocenters. The third-order valence-corrected chi connectivity index (χ3v) is 3.85. The summed E-state index contributed by atoms with van der Waals surface area (Å²) in [6, 6.07) is 18.3. The molecule has 2 aromatic carbocycles. The molecule has 6 heteroatoms. The zero-order valence-corrected chi connectivity index (χ0v) is 14.5. The Morgan fingerprint density at radius 3 is 2.56 bits per heavy atom. The molecule has 0 aliphatic rings. The van der Waals surface area contributed by atoms with Gasteiger partial charge < -0.3 is 15.2 Å². The van der Waals surface area contributed by atoms with Gasteiger partial charge in [0, 0.05) is 23.5 Å². The third-order valence-electron chi connectivity index (χ3n) is 3.85. The van der Waals surface area contributed by atoms with E-state index in [1.807, 2.05) is 42.5 Å². The summed E-state index contributed by atoms with van der Waals surface area (Å²) in [4.78, 5) is 27.2. The van der Waals surface area contributed by atoms with Gasteiger partial charge in [0.25, 0.3) is 5.91 Å². The molecule has 0 spiro atoms. The van der Waals surface area contributed by atoms with E-state index in [0.29, 0.717) is 23.5 Å². The largest absolute Gasteiger partial charge is 0.489 e. The Morgan fingerprint density at radius 2 is 1.85 bits per heavy atom. The number of amides is 1. The first-order valence-corrected chi connectivity index (χ1v) is 8.34. The average Bonchev–Trinajstić information content (AvgIpc) is 2.71. The maximum atomic E-state index is 12.4. The molecule has 0 unspecified atom stereocenters. The summed E-state index contributed by atoms with van der Waals surface area (Å²) in [6.07, 6.45) is 3.42. The van der Waals surface area contributed by atoms with E-state index in [-0.39, 0.29) is 0 Å². The Labute approximate surface area is 156 Å². The number of aromatic nitrogens is 1. The van der Waals surface area contributed by atoms with Gasteiger partial charge in [-0.1, -0.05) is 36.4 Å². The third kappa shape index (κ3) is 4.92. The topological polar surface area (TPSA) is 88.5 Å². The number of nitrogens with zero attached hydrogens (tertiary/aromatic N) is 1. The molecule has 0 fully saturated rings. The van der Waals surface area contributed by atoms with Gasteiger partial charge in [-0.05, 0) is 35.4 Å². The summed E-state index contributed by atoms with van der Waals surface area (Å²) < 4.78 is 5.82. The van der Waals surface area contributed by atoms with E-state index in [2.05, 4.69) is 10.3 Å². The number of hydrogen-bond donors (Lipinski definition) is 2. The minimum Gasteiger partial charge on any atom is -0.489 e. The molecular formula is C21H18N2O4. The first kappa shape index (κ1) is 18.1. The lowest BCUT2D eigenvalue weighted by molar-refractivity contribution is -0.135. The van der Waals surface area contributed by atoms with E-state index in [1.165, 1.54) is 0 Å². The summed E-state index contributed by atoms with van der Waals surface area (Å²) in [5, 5.41) is 11.2. The monoisotopic (exact) mass is 362 g/mol. The molecule has 136 valence electrons. The van der Waals surface area contributed by atoms with Gasteiger partial charge in [-0.2, -0.15) is 0 Å². The second kappa shape index (κ2) is 8.62. The van der Waals surface area contributed by atoms with Crippen molar-refractivity contribution in [2.24, 2.45) is 0 Å². The highest BCUT2D eigenvalue weighted by Crippen LogP contribution is 2.28. The predicted octanol–water partition coefficient (Wildman–Crippen LogP) is 3.14. The van der Waals surface area contributed by atoms with E-state index in [1.54, 1.807) is 30.6 Å². The van der Waals surface area contributed by atoms with Crippen LogP contribution >= 0.6 is 0 Å². The maximum Gasteiger partial charge on any atom is 0.322 e. The lowest BCUT2D eigenvalue weighted by Crippen LogP contribution is -2.29. The standard InChI is InChI=1S/C21H18N2O4/c24-20(25)13-23-21(26)18-9-8-17(27-14-15-5-4-10-22-12-15)11-19(18)16-6-2-1-3-7-16/h1-12H,13-14H2,(H,23,26)(H,24,25). The highest BCUT2D eigenvalue weighted by Gasteiger charge is 2.15. The van der Waals surface area contributed by atoms with E-state index in [4.69, 9.17) is 9.84 Å². The molecule has 0 aliphatic heterocycles. The smallest absolute Gasteiger partial charge is 0.322 e. The number of carbonyl (C=O) groups excluding carboxylic acids is 1. The molecular weight excluding hydrogens is 344 g/mol. The lowest BCUT2D eigenvalue weighted by Gasteiger charge is -2.13. The highest BCUT2D eigenvalue weighted by atomic mass is 16.5. The first-order valence-electron chi connectivity index (χ1n) is 8.34. The Balaban J connectivity index is 1.87. The van der Waals surface area contributed by atoms with Crippen molar-refractivity contribution >= 4 is 11.9 Å². The van der Waals surface area contributed by atoms with Crippen molar-refractivity contribution in [2.75, 3.05) is 6.54 Å². The molecule has 0 radical (unpaired) electrons. The van der Waals surface area contributed by atoms with Crippen molar-refractivity contribution in [1.29, 1.82) is 0 Å². The normalized spacial score (nSPS) is 10.2. The van der Waals surface area contributed by atoms with Crippen LogP contribution < -0.4 is 10.1 Å². The molecule has 0 saturated heterocycles. The quantitative estimate of drug-likeness (QED) is 0.674. The number of pyridine rings is 1. The van der Waals surface area contributed by atoms with Crippen molar-refractivity contribution in [3.63, 3.8) is 0 Å². The summed E-state index contributed by atoms with van der Waals surface area (Å²) in [6.45, 7) is -0.0844. The van der Waals surface area contributed by atoms with Crippen molar-refractivity contribution in [1.82, 2.24) is 10.3 Å². The van der Waals surface area contributed by atoms with E-state index < -0.39 is 18.4 Å². The Morgan fingerprint density at radius 1 is 1.04 bits per heavy atom. The van der Waals surface area contributed by atoms with Crippen molar-refractivity contribution in [3.05, 3.63) is 84.2 Å². The number of carboxylic acid groups (broad SMARTS) is 1. The van der Waals surface area contributed by atoms with Crippen LogP contribution in [-0.2, 0) is 11.4 Å². The van der Waals surface area contributed by atoms with Crippen LogP contribution in [0.5, 0.6) is 5.75 Å². The van der Waals surface area contributed by atoms with Gasteiger partial charge in [0.1, 0.15) is 18.9 Å². The number of aliphatic carboxylic acids is 1. The second-order valence-corrected chi connectivity index (χ2v) is 5.80. The van der Waals surface area contributed by atoms with Crippen LogP contribution in [0.15, 0.2) is 73.1 Å². The minimum atomic E-state index is -1.10. The number of hydrogen-bond acceptors (Lipinski definition) is 4. The maximum absolute atomic E-state index is 12.4. The number of nitrogens with one attached hydrogen (secondary N) is 1. The average molecular weight is 362 g/mol.